The van der Waals surface area contributed by atoms with Crippen molar-refractivity contribution < 1.29 is 14.3 Å². The van der Waals surface area contributed by atoms with Crippen LogP contribution in [-0.2, 0) is 6.54 Å². The normalized spacial score (nSPS) is 10.1. The predicted octanol–water partition coefficient (Wildman–Crippen LogP) is 3.96. The van der Waals surface area contributed by atoms with Gasteiger partial charge >= 0.3 is 0 Å². The standard InChI is InChI=1S/C21H21N3O3/c1-26-18-6-3-7-19(27-2)20(18)21(25)24-17-10-8-16(9-11-17)23-14-15-5-4-12-22-13-15/h3-13,23H,14H2,1-2H3,(H,24,25). The molecule has 3 rings (SSSR count). The Kier molecular flexibility index (Phi) is 5.89. The summed E-state index contributed by atoms with van der Waals surface area (Å²) in [5, 5.41) is 6.19. The fourth-order valence-corrected chi connectivity index (χ4v) is 2.65. The molecule has 0 aliphatic heterocycles. The van der Waals surface area contributed by atoms with E-state index in [4.69, 9.17) is 9.47 Å². The molecule has 0 saturated carbocycles. The first kappa shape index (κ1) is 18.3. The smallest absolute Gasteiger partial charge is 0.263 e. The van der Waals surface area contributed by atoms with Crippen molar-refractivity contribution in [1.29, 1.82) is 0 Å². The van der Waals surface area contributed by atoms with Crippen LogP contribution >= 0.6 is 0 Å². The van der Waals surface area contributed by atoms with E-state index in [1.165, 1.54) is 14.2 Å². The molecule has 27 heavy (non-hydrogen) atoms. The van der Waals surface area contributed by atoms with Crippen LogP contribution in [0.5, 0.6) is 11.5 Å². The zero-order valence-corrected chi connectivity index (χ0v) is 15.2. The number of aromatic nitrogens is 1. The van der Waals surface area contributed by atoms with Crippen LogP contribution < -0.4 is 20.1 Å². The monoisotopic (exact) mass is 363 g/mol. The van der Waals surface area contributed by atoms with Crippen LogP contribution in [0.4, 0.5) is 11.4 Å². The molecule has 0 radical (unpaired) electrons. The lowest BCUT2D eigenvalue weighted by atomic mass is 10.1. The fraction of sp³-hybridized carbons (Fsp3) is 0.143. The van der Waals surface area contributed by atoms with Crippen LogP contribution in [0.2, 0.25) is 0 Å². The minimum Gasteiger partial charge on any atom is -0.496 e. The zero-order valence-electron chi connectivity index (χ0n) is 15.2. The van der Waals surface area contributed by atoms with Crippen molar-refractivity contribution in [2.75, 3.05) is 24.9 Å². The molecular weight excluding hydrogens is 342 g/mol. The number of nitrogens with one attached hydrogen (secondary N) is 2. The third-order valence-electron chi connectivity index (χ3n) is 4.02. The summed E-state index contributed by atoms with van der Waals surface area (Å²) in [6.07, 6.45) is 3.57. The molecule has 0 aliphatic rings. The average molecular weight is 363 g/mol. The van der Waals surface area contributed by atoms with E-state index in [2.05, 4.69) is 15.6 Å². The highest BCUT2D eigenvalue weighted by Gasteiger charge is 2.18. The van der Waals surface area contributed by atoms with Crippen LogP contribution in [0, 0.1) is 0 Å². The quantitative estimate of drug-likeness (QED) is 0.665. The Hall–Kier alpha value is -3.54. The summed E-state index contributed by atoms with van der Waals surface area (Å²) in [6.45, 7) is 0.679. The van der Waals surface area contributed by atoms with Gasteiger partial charge in [-0.05, 0) is 48.0 Å². The lowest BCUT2D eigenvalue weighted by Crippen LogP contribution is -2.14. The highest BCUT2D eigenvalue weighted by Crippen LogP contribution is 2.29. The van der Waals surface area contributed by atoms with E-state index in [0.717, 1.165) is 11.3 Å². The second-order valence-electron chi connectivity index (χ2n) is 5.78. The number of hydrogen-bond acceptors (Lipinski definition) is 5. The maximum atomic E-state index is 12.7. The van der Waals surface area contributed by atoms with Crippen LogP contribution in [0.15, 0.2) is 67.0 Å². The van der Waals surface area contributed by atoms with Crippen molar-refractivity contribution in [2.45, 2.75) is 6.54 Å². The van der Waals surface area contributed by atoms with Gasteiger partial charge in [0.15, 0.2) is 0 Å². The number of carbonyl (C=O) groups is 1. The van der Waals surface area contributed by atoms with E-state index in [1.54, 1.807) is 24.4 Å². The topological polar surface area (TPSA) is 72.5 Å². The number of nitrogens with zero attached hydrogens (tertiary/aromatic N) is 1. The summed E-state index contributed by atoms with van der Waals surface area (Å²) >= 11 is 0. The van der Waals surface area contributed by atoms with E-state index in [1.807, 2.05) is 42.6 Å². The molecule has 0 spiro atoms. The number of pyridine rings is 1. The Balaban J connectivity index is 1.67. The van der Waals surface area contributed by atoms with Crippen molar-refractivity contribution >= 4 is 17.3 Å². The highest BCUT2D eigenvalue weighted by molar-refractivity contribution is 6.08. The molecule has 2 aromatic carbocycles. The number of methoxy groups -OCH3 is 2. The Morgan fingerprint density at radius 1 is 0.926 bits per heavy atom. The number of carbonyl (C=O) groups excluding carboxylic acids is 1. The van der Waals surface area contributed by atoms with Crippen molar-refractivity contribution in [3.05, 3.63) is 78.1 Å². The van der Waals surface area contributed by atoms with Gasteiger partial charge in [-0.2, -0.15) is 0 Å². The summed E-state index contributed by atoms with van der Waals surface area (Å²) in [7, 11) is 3.04. The van der Waals surface area contributed by atoms with Crippen molar-refractivity contribution in [3.8, 4) is 11.5 Å². The summed E-state index contributed by atoms with van der Waals surface area (Å²) in [5.74, 6) is 0.628. The fourth-order valence-electron chi connectivity index (χ4n) is 2.65. The van der Waals surface area contributed by atoms with E-state index in [0.29, 0.717) is 29.3 Å². The van der Waals surface area contributed by atoms with Crippen molar-refractivity contribution in [3.63, 3.8) is 0 Å². The van der Waals surface area contributed by atoms with Crippen molar-refractivity contribution in [1.82, 2.24) is 4.98 Å². The van der Waals surface area contributed by atoms with Crippen LogP contribution in [0.3, 0.4) is 0 Å². The number of hydrogen-bond donors (Lipinski definition) is 2. The highest BCUT2D eigenvalue weighted by atomic mass is 16.5. The Morgan fingerprint density at radius 3 is 2.19 bits per heavy atom. The Bertz CT molecular complexity index is 874. The summed E-state index contributed by atoms with van der Waals surface area (Å²) in [5.41, 5.74) is 3.09. The molecule has 1 heterocycles. The van der Waals surface area contributed by atoms with E-state index < -0.39 is 0 Å². The maximum absolute atomic E-state index is 12.7. The first-order valence-electron chi connectivity index (χ1n) is 8.46. The number of anilines is 2. The number of rotatable bonds is 7. The molecule has 0 saturated heterocycles. The summed E-state index contributed by atoms with van der Waals surface area (Å²) in [4.78, 5) is 16.8. The molecule has 1 amide bonds. The number of benzene rings is 2. The van der Waals surface area contributed by atoms with E-state index in [9.17, 15) is 4.79 Å². The van der Waals surface area contributed by atoms with Gasteiger partial charge in [-0.25, -0.2) is 0 Å². The molecule has 138 valence electrons. The van der Waals surface area contributed by atoms with Crippen LogP contribution in [0.1, 0.15) is 15.9 Å². The first-order valence-corrected chi connectivity index (χ1v) is 8.46. The third-order valence-corrected chi connectivity index (χ3v) is 4.02. The molecule has 6 nitrogen and oxygen atoms in total. The van der Waals surface area contributed by atoms with Gasteiger partial charge in [0.05, 0.1) is 14.2 Å². The van der Waals surface area contributed by atoms with E-state index >= 15 is 0 Å². The van der Waals surface area contributed by atoms with Gasteiger partial charge < -0.3 is 20.1 Å². The van der Waals surface area contributed by atoms with Gasteiger partial charge in [0.2, 0.25) is 0 Å². The molecule has 0 aliphatic carbocycles. The molecule has 1 aromatic heterocycles. The summed E-state index contributed by atoms with van der Waals surface area (Å²) in [6, 6.07) is 16.6. The predicted molar refractivity (Wildman–Crippen MR) is 106 cm³/mol. The first-order chi connectivity index (χ1) is 13.2. The number of ether oxygens (including phenoxy) is 2. The molecule has 0 atom stereocenters. The minimum absolute atomic E-state index is 0.291. The molecule has 0 bridgehead atoms. The zero-order chi connectivity index (χ0) is 19.1. The molecular formula is C21H21N3O3. The largest absolute Gasteiger partial charge is 0.496 e. The SMILES string of the molecule is COc1cccc(OC)c1C(=O)Nc1ccc(NCc2cccnc2)cc1. The lowest BCUT2D eigenvalue weighted by Gasteiger charge is -2.13. The average Bonchev–Trinajstić information content (AvgIpc) is 2.73. The van der Waals surface area contributed by atoms with Gasteiger partial charge in [0.1, 0.15) is 17.1 Å². The van der Waals surface area contributed by atoms with Gasteiger partial charge in [-0.15, -0.1) is 0 Å². The van der Waals surface area contributed by atoms with Crippen molar-refractivity contribution in [2.24, 2.45) is 0 Å². The molecule has 6 heteroatoms. The Morgan fingerprint density at radius 2 is 1.59 bits per heavy atom. The third kappa shape index (κ3) is 4.55. The lowest BCUT2D eigenvalue weighted by molar-refractivity contribution is 0.102. The number of amides is 1. The molecule has 0 fully saturated rings. The van der Waals surface area contributed by atoms with Crippen LogP contribution in [-0.4, -0.2) is 25.1 Å². The molecule has 3 aromatic rings. The minimum atomic E-state index is -0.291. The van der Waals surface area contributed by atoms with Crippen LogP contribution in [0.25, 0.3) is 0 Å². The Labute approximate surface area is 158 Å². The second-order valence-corrected chi connectivity index (χ2v) is 5.78. The maximum Gasteiger partial charge on any atom is 0.263 e. The van der Waals surface area contributed by atoms with E-state index in [-0.39, 0.29) is 5.91 Å². The second kappa shape index (κ2) is 8.71. The van der Waals surface area contributed by atoms with Gasteiger partial charge in [0.25, 0.3) is 5.91 Å². The molecule has 2 N–H and O–H groups in total. The van der Waals surface area contributed by atoms with Gasteiger partial charge in [-0.3, -0.25) is 9.78 Å². The summed E-state index contributed by atoms with van der Waals surface area (Å²) < 4.78 is 10.6. The van der Waals surface area contributed by atoms with Gasteiger partial charge in [-0.1, -0.05) is 12.1 Å². The molecule has 0 unspecified atom stereocenters. The van der Waals surface area contributed by atoms with Gasteiger partial charge in [0, 0.05) is 30.3 Å².